The van der Waals surface area contributed by atoms with E-state index in [-0.39, 0.29) is 11.3 Å². The van der Waals surface area contributed by atoms with Gasteiger partial charge in [-0.2, -0.15) is 5.10 Å². The lowest BCUT2D eigenvalue weighted by Crippen LogP contribution is -1.98. The predicted molar refractivity (Wildman–Crippen MR) is 74.6 cm³/mol. The average molecular weight is 308 g/mol. The number of aromatic nitrogens is 3. The SMILES string of the molecule is CCc1nn(C)c(Sc2cc(C(=O)O)ccn2)c1[N+](=O)[O-]. The van der Waals surface area contributed by atoms with Crippen molar-refractivity contribution in [3.05, 3.63) is 39.7 Å². The van der Waals surface area contributed by atoms with Gasteiger partial charge in [-0.3, -0.25) is 14.8 Å². The van der Waals surface area contributed by atoms with Crippen molar-refractivity contribution in [2.24, 2.45) is 7.05 Å². The molecule has 0 saturated heterocycles. The quantitative estimate of drug-likeness (QED) is 0.665. The number of nitro groups is 1. The van der Waals surface area contributed by atoms with Crippen molar-refractivity contribution >= 4 is 23.4 Å². The first-order chi connectivity index (χ1) is 9.93. The Morgan fingerprint density at radius 3 is 2.86 bits per heavy atom. The number of nitrogens with zero attached hydrogens (tertiary/aromatic N) is 4. The monoisotopic (exact) mass is 308 g/mol. The van der Waals surface area contributed by atoms with E-state index in [2.05, 4.69) is 10.1 Å². The van der Waals surface area contributed by atoms with Crippen LogP contribution in [0.2, 0.25) is 0 Å². The molecule has 0 aliphatic rings. The predicted octanol–water partition coefficient (Wildman–Crippen LogP) is 2.14. The van der Waals surface area contributed by atoms with Gasteiger partial charge in [-0.1, -0.05) is 6.92 Å². The highest BCUT2D eigenvalue weighted by Crippen LogP contribution is 2.36. The lowest BCUT2D eigenvalue weighted by molar-refractivity contribution is -0.388. The molecular weight excluding hydrogens is 296 g/mol. The van der Waals surface area contributed by atoms with Crippen molar-refractivity contribution in [2.75, 3.05) is 0 Å². The normalized spacial score (nSPS) is 10.6. The van der Waals surface area contributed by atoms with Crippen molar-refractivity contribution in [3.8, 4) is 0 Å². The van der Waals surface area contributed by atoms with Gasteiger partial charge in [0.1, 0.15) is 10.7 Å². The Hall–Kier alpha value is -2.42. The molecule has 2 heterocycles. The molecule has 0 aliphatic heterocycles. The molecule has 0 fully saturated rings. The number of pyridine rings is 1. The second-order valence-corrected chi connectivity index (χ2v) is 5.13. The summed E-state index contributed by atoms with van der Waals surface area (Å²) in [6.45, 7) is 1.78. The molecule has 8 nitrogen and oxygen atoms in total. The molecule has 0 aliphatic carbocycles. The van der Waals surface area contributed by atoms with Crippen molar-refractivity contribution in [3.63, 3.8) is 0 Å². The van der Waals surface area contributed by atoms with Gasteiger partial charge in [0.25, 0.3) is 0 Å². The summed E-state index contributed by atoms with van der Waals surface area (Å²) in [7, 11) is 1.61. The van der Waals surface area contributed by atoms with E-state index >= 15 is 0 Å². The van der Waals surface area contributed by atoms with Crippen LogP contribution in [0.15, 0.2) is 28.4 Å². The highest BCUT2D eigenvalue weighted by atomic mass is 32.2. The molecule has 21 heavy (non-hydrogen) atoms. The first-order valence-electron chi connectivity index (χ1n) is 6.01. The van der Waals surface area contributed by atoms with Crippen LogP contribution in [0.3, 0.4) is 0 Å². The third kappa shape index (κ3) is 3.02. The number of hydrogen-bond donors (Lipinski definition) is 1. The summed E-state index contributed by atoms with van der Waals surface area (Å²) in [6.07, 6.45) is 1.79. The summed E-state index contributed by atoms with van der Waals surface area (Å²) in [5, 5.41) is 25.0. The minimum Gasteiger partial charge on any atom is -0.478 e. The Balaban J connectivity index is 2.44. The van der Waals surface area contributed by atoms with Gasteiger partial charge in [0.15, 0.2) is 5.03 Å². The maximum absolute atomic E-state index is 11.2. The van der Waals surface area contributed by atoms with Gasteiger partial charge < -0.3 is 5.11 Å². The number of hydrogen-bond acceptors (Lipinski definition) is 6. The molecule has 0 amide bonds. The molecule has 110 valence electrons. The summed E-state index contributed by atoms with van der Waals surface area (Å²) in [6, 6.07) is 2.73. The molecule has 0 aromatic carbocycles. The molecule has 9 heteroatoms. The van der Waals surface area contributed by atoms with Crippen LogP contribution in [-0.2, 0) is 13.5 Å². The summed E-state index contributed by atoms with van der Waals surface area (Å²) >= 11 is 1.02. The van der Waals surface area contributed by atoms with E-state index in [1.807, 2.05) is 0 Å². The Bertz CT molecular complexity index is 713. The van der Waals surface area contributed by atoms with E-state index in [1.54, 1.807) is 14.0 Å². The van der Waals surface area contributed by atoms with Crippen LogP contribution in [-0.4, -0.2) is 30.8 Å². The van der Waals surface area contributed by atoms with Crippen LogP contribution < -0.4 is 0 Å². The van der Waals surface area contributed by atoms with E-state index in [0.717, 1.165) is 11.8 Å². The lowest BCUT2D eigenvalue weighted by atomic mass is 10.3. The van der Waals surface area contributed by atoms with Crippen molar-refractivity contribution in [2.45, 2.75) is 23.4 Å². The Kier molecular flexibility index (Phi) is 4.22. The first kappa shape index (κ1) is 15.0. The highest BCUT2D eigenvalue weighted by Gasteiger charge is 2.26. The van der Waals surface area contributed by atoms with Gasteiger partial charge in [-0.25, -0.2) is 9.78 Å². The third-order valence-corrected chi connectivity index (χ3v) is 3.82. The van der Waals surface area contributed by atoms with E-state index in [4.69, 9.17) is 5.11 Å². The van der Waals surface area contributed by atoms with Gasteiger partial charge >= 0.3 is 11.7 Å². The molecular formula is C12H12N4O4S. The number of carbonyl (C=O) groups is 1. The second-order valence-electron chi connectivity index (χ2n) is 4.12. The summed E-state index contributed by atoms with van der Waals surface area (Å²) in [5.74, 6) is -1.08. The van der Waals surface area contributed by atoms with Crippen LogP contribution in [0.5, 0.6) is 0 Å². The largest absolute Gasteiger partial charge is 0.478 e. The fourth-order valence-corrected chi connectivity index (χ4v) is 2.74. The van der Waals surface area contributed by atoms with Crippen LogP contribution >= 0.6 is 11.8 Å². The highest BCUT2D eigenvalue weighted by molar-refractivity contribution is 7.99. The van der Waals surface area contributed by atoms with Gasteiger partial charge in [-0.05, 0) is 30.3 Å². The molecule has 2 rings (SSSR count). The first-order valence-corrected chi connectivity index (χ1v) is 6.83. The number of aryl methyl sites for hydroxylation is 2. The number of carboxylic acids is 1. The topological polar surface area (TPSA) is 111 Å². The maximum atomic E-state index is 11.2. The van der Waals surface area contributed by atoms with Gasteiger partial charge in [0.2, 0.25) is 0 Å². The standard InChI is InChI=1S/C12H12N4O4S/c1-3-8-10(16(19)20)11(15(2)14-8)21-9-6-7(12(17)18)4-5-13-9/h4-6H,3H2,1-2H3,(H,17,18). The van der Waals surface area contributed by atoms with Crippen molar-refractivity contribution < 1.29 is 14.8 Å². The van der Waals surface area contributed by atoms with Crippen LogP contribution in [0.4, 0.5) is 5.69 Å². The Morgan fingerprint density at radius 1 is 1.57 bits per heavy atom. The van der Waals surface area contributed by atoms with Gasteiger partial charge in [0, 0.05) is 13.2 Å². The van der Waals surface area contributed by atoms with Crippen LogP contribution in [0.25, 0.3) is 0 Å². The molecule has 0 atom stereocenters. The van der Waals surface area contributed by atoms with E-state index in [9.17, 15) is 14.9 Å². The molecule has 1 N–H and O–H groups in total. The molecule has 0 radical (unpaired) electrons. The molecule has 0 unspecified atom stereocenters. The Morgan fingerprint density at radius 2 is 2.29 bits per heavy atom. The zero-order valence-corrected chi connectivity index (χ0v) is 12.1. The van der Waals surface area contributed by atoms with E-state index in [0.29, 0.717) is 22.2 Å². The zero-order valence-electron chi connectivity index (χ0n) is 11.3. The molecule has 2 aromatic heterocycles. The minimum absolute atomic E-state index is 0.0625. The van der Waals surface area contributed by atoms with Crippen molar-refractivity contribution in [1.82, 2.24) is 14.8 Å². The number of carboxylic acid groups (broad SMARTS) is 1. The van der Waals surface area contributed by atoms with Crippen molar-refractivity contribution in [1.29, 1.82) is 0 Å². The number of rotatable bonds is 5. The smallest absolute Gasteiger partial charge is 0.335 e. The van der Waals surface area contributed by atoms with E-state index in [1.165, 1.54) is 23.0 Å². The Labute approximate surface area is 124 Å². The fraction of sp³-hybridized carbons (Fsp3) is 0.250. The molecule has 2 aromatic rings. The zero-order chi connectivity index (χ0) is 15.6. The van der Waals surface area contributed by atoms with Gasteiger partial charge in [-0.15, -0.1) is 0 Å². The molecule has 0 bridgehead atoms. The minimum atomic E-state index is -1.08. The molecule has 0 spiro atoms. The lowest BCUT2D eigenvalue weighted by Gasteiger charge is -2.02. The molecule has 0 saturated carbocycles. The second kappa shape index (κ2) is 5.92. The summed E-state index contributed by atoms with van der Waals surface area (Å²) in [4.78, 5) is 25.7. The average Bonchev–Trinajstić information content (AvgIpc) is 2.75. The van der Waals surface area contributed by atoms with Crippen LogP contribution in [0.1, 0.15) is 23.0 Å². The fourth-order valence-electron chi connectivity index (χ4n) is 1.78. The summed E-state index contributed by atoms with van der Waals surface area (Å²) < 4.78 is 1.41. The summed E-state index contributed by atoms with van der Waals surface area (Å²) in [5.41, 5.74) is 0.403. The third-order valence-electron chi connectivity index (χ3n) is 2.74. The number of aromatic carboxylic acids is 1. The van der Waals surface area contributed by atoms with E-state index < -0.39 is 10.9 Å². The van der Waals surface area contributed by atoms with Gasteiger partial charge in [0.05, 0.1) is 10.5 Å². The van der Waals surface area contributed by atoms with Crippen LogP contribution in [0, 0.1) is 10.1 Å². The maximum Gasteiger partial charge on any atom is 0.335 e.